The molecule has 0 amide bonds. The summed E-state index contributed by atoms with van der Waals surface area (Å²) in [7, 11) is 0. The van der Waals surface area contributed by atoms with Gasteiger partial charge in [0.2, 0.25) is 0 Å². The van der Waals surface area contributed by atoms with E-state index in [1.807, 2.05) is 12.3 Å². The molecule has 2 heterocycles. The SMILES string of the molecule is CCNc1ncnc(-n2cccn2)c1CC. The lowest BCUT2D eigenvalue weighted by atomic mass is 10.2. The summed E-state index contributed by atoms with van der Waals surface area (Å²) in [5.74, 6) is 1.74. The summed E-state index contributed by atoms with van der Waals surface area (Å²) in [5, 5.41) is 7.43. The van der Waals surface area contributed by atoms with Crippen molar-refractivity contribution in [2.45, 2.75) is 20.3 Å². The first kappa shape index (κ1) is 10.6. The maximum Gasteiger partial charge on any atom is 0.161 e. The maximum absolute atomic E-state index is 4.28. The van der Waals surface area contributed by atoms with Crippen LogP contribution in [0.4, 0.5) is 5.82 Å². The van der Waals surface area contributed by atoms with Gasteiger partial charge in [-0.05, 0) is 19.4 Å². The molecule has 16 heavy (non-hydrogen) atoms. The molecular formula is C11H15N5. The van der Waals surface area contributed by atoms with Crippen molar-refractivity contribution in [1.29, 1.82) is 0 Å². The molecule has 0 radical (unpaired) electrons. The zero-order chi connectivity index (χ0) is 11.4. The standard InChI is InChI=1S/C11H15N5/c1-3-9-10(12-4-2)13-8-14-11(9)16-7-5-6-15-16/h5-8H,3-4H2,1-2H3,(H,12,13,14). The van der Waals surface area contributed by atoms with E-state index in [0.29, 0.717) is 0 Å². The quantitative estimate of drug-likeness (QED) is 0.846. The average molecular weight is 217 g/mol. The fourth-order valence-electron chi connectivity index (χ4n) is 1.64. The van der Waals surface area contributed by atoms with Gasteiger partial charge in [-0.2, -0.15) is 5.10 Å². The van der Waals surface area contributed by atoms with Crippen molar-refractivity contribution in [3.63, 3.8) is 0 Å². The van der Waals surface area contributed by atoms with Gasteiger partial charge in [0.1, 0.15) is 12.1 Å². The minimum atomic E-state index is 0.846. The van der Waals surface area contributed by atoms with E-state index in [9.17, 15) is 0 Å². The molecule has 2 rings (SSSR count). The Morgan fingerprint density at radius 2 is 2.19 bits per heavy atom. The monoisotopic (exact) mass is 217 g/mol. The third-order valence-electron chi connectivity index (χ3n) is 2.34. The van der Waals surface area contributed by atoms with Gasteiger partial charge in [0.05, 0.1) is 0 Å². The first-order chi connectivity index (χ1) is 7.86. The molecule has 0 saturated heterocycles. The Kier molecular flexibility index (Phi) is 3.14. The van der Waals surface area contributed by atoms with Gasteiger partial charge in [0, 0.05) is 24.5 Å². The van der Waals surface area contributed by atoms with Crippen molar-refractivity contribution in [1.82, 2.24) is 19.7 Å². The first-order valence-corrected chi connectivity index (χ1v) is 5.44. The molecular weight excluding hydrogens is 202 g/mol. The van der Waals surface area contributed by atoms with E-state index in [4.69, 9.17) is 0 Å². The Morgan fingerprint density at radius 3 is 2.81 bits per heavy atom. The zero-order valence-electron chi connectivity index (χ0n) is 9.51. The molecule has 84 valence electrons. The predicted molar refractivity (Wildman–Crippen MR) is 62.7 cm³/mol. The molecule has 0 aliphatic carbocycles. The highest BCUT2D eigenvalue weighted by molar-refractivity contribution is 5.51. The Bertz CT molecular complexity index is 449. The van der Waals surface area contributed by atoms with Gasteiger partial charge in [0.25, 0.3) is 0 Å². The van der Waals surface area contributed by atoms with E-state index in [1.54, 1.807) is 17.2 Å². The van der Waals surface area contributed by atoms with E-state index in [-0.39, 0.29) is 0 Å². The fraction of sp³-hybridized carbons (Fsp3) is 0.364. The molecule has 0 aliphatic heterocycles. The van der Waals surface area contributed by atoms with E-state index in [1.165, 1.54) is 0 Å². The third kappa shape index (κ3) is 1.88. The van der Waals surface area contributed by atoms with Crippen LogP contribution in [0.1, 0.15) is 19.4 Å². The molecule has 1 N–H and O–H groups in total. The largest absolute Gasteiger partial charge is 0.370 e. The van der Waals surface area contributed by atoms with Gasteiger partial charge in [-0.25, -0.2) is 14.6 Å². The van der Waals surface area contributed by atoms with E-state index < -0.39 is 0 Å². The van der Waals surface area contributed by atoms with Gasteiger partial charge in [-0.1, -0.05) is 6.92 Å². The van der Waals surface area contributed by atoms with Gasteiger partial charge in [0.15, 0.2) is 5.82 Å². The van der Waals surface area contributed by atoms with Crippen LogP contribution >= 0.6 is 0 Å². The van der Waals surface area contributed by atoms with Crippen LogP contribution in [-0.4, -0.2) is 26.3 Å². The fourth-order valence-corrected chi connectivity index (χ4v) is 1.64. The van der Waals surface area contributed by atoms with Crippen molar-refractivity contribution in [3.8, 4) is 5.82 Å². The molecule has 0 saturated carbocycles. The summed E-state index contributed by atoms with van der Waals surface area (Å²) in [6.07, 6.45) is 6.07. The average Bonchev–Trinajstić information content (AvgIpc) is 2.82. The molecule has 0 aliphatic rings. The summed E-state index contributed by atoms with van der Waals surface area (Å²) in [6.45, 7) is 4.99. The Morgan fingerprint density at radius 1 is 1.31 bits per heavy atom. The number of hydrogen-bond donors (Lipinski definition) is 1. The Labute approximate surface area is 94.5 Å². The van der Waals surface area contributed by atoms with Crippen LogP contribution in [0.25, 0.3) is 5.82 Å². The minimum Gasteiger partial charge on any atom is -0.370 e. The van der Waals surface area contributed by atoms with Crippen LogP contribution in [0.2, 0.25) is 0 Å². The summed E-state index contributed by atoms with van der Waals surface area (Å²) in [6, 6.07) is 1.88. The van der Waals surface area contributed by atoms with Gasteiger partial charge in [-0.15, -0.1) is 0 Å². The van der Waals surface area contributed by atoms with Crippen molar-refractivity contribution < 1.29 is 0 Å². The smallest absolute Gasteiger partial charge is 0.161 e. The van der Waals surface area contributed by atoms with Crippen LogP contribution in [0, 0.1) is 0 Å². The molecule has 0 spiro atoms. The van der Waals surface area contributed by atoms with Gasteiger partial charge < -0.3 is 5.32 Å². The molecule has 0 atom stereocenters. The zero-order valence-corrected chi connectivity index (χ0v) is 9.51. The second kappa shape index (κ2) is 4.74. The van der Waals surface area contributed by atoms with Gasteiger partial charge in [-0.3, -0.25) is 0 Å². The normalized spacial score (nSPS) is 10.4. The van der Waals surface area contributed by atoms with Gasteiger partial charge >= 0.3 is 0 Å². The summed E-state index contributed by atoms with van der Waals surface area (Å²) in [4.78, 5) is 8.53. The maximum atomic E-state index is 4.28. The minimum absolute atomic E-state index is 0.846. The number of aromatic nitrogens is 4. The molecule has 0 bridgehead atoms. The molecule has 5 nitrogen and oxygen atoms in total. The van der Waals surface area contributed by atoms with E-state index >= 15 is 0 Å². The van der Waals surface area contributed by atoms with Crippen molar-refractivity contribution in [3.05, 3.63) is 30.4 Å². The van der Waals surface area contributed by atoms with Crippen LogP contribution in [-0.2, 0) is 6.42 Å². The number of hydrogen-bond acceptors (Lipinski definition) is 4. The predicted octanol–water partition coefficient (Wildman–Crippen LogP) is 1.66. The lowest BCUT2D eigenvalue weighted by Gasteiger charge is -2.11. The molecule has 5 heteroatoms. The highest BCUT2D eigenvalue weighted by Gasteiger charge is 2.10. The molecule has 0 unspecified atom stereocenters. The lowest BCUT2D eigenvalue weighted by molar-refractivity contribution is 0.818. The summed E-state index contributed by atoms with van der Waals surface area (Å²) < 4.78 is 1.77. The highest BCUT2D eigenvalue weighted by Crippen LogP contribution is 2.18. The van der Waals surface area contributed by atoms with Crippen molar-refractivity contribution >= 4 is 5.82 Å². The third-order valence-corrected chi connectivity index (χ3v) is 2.34. The second-order valence-electron chi connectivity index (χ2n) is 3.36. The first-order valence-electron chi connectivity index (χ1n) is 5.44. The number of nitrogens with one attached hydrogen (secondary N) is 1. The Hall–Kier alpha value is -1.91. The summed E-state index contributed by atoms with van der Waals surface area (Å²) in [5.41, 5.74) is 1.09. The number of nitrogens with zero attached hydrogens (tertiary/aromatic N) is 4. The van der Waals surface area contributed by atoms with Crippen LogP contribution in [0.5, 0.6) is 0 Å². The van der Waals surface area contributed by atoms with Crippen molar-refractivity contribution in [2.75, 3.05) is 11.9 Å². The topological polar surface area (TPSA) is 55.6 Å². The number of rotatable bonds is 4. The van der Waals surface area contributed by atoms with Crippen LogP contribution in [0.15, 0.2) is 24.8 Å². The lowest BCUT2D eigenvalue weighted by Crippen LogP contribution is -2.09. The molecule has 0 fully saturated rings. The van der Waals surface area contributed by atoms with E-state index in [0.717, 1.165) is 30.2 Å². The Balaban J connectivity index is 2.49. The van der Waals surface area contributed by atoms with Crippen LogP contribution in [0.3, 0.4) is 0 Å². The highest BCUT2D eigenvalue weighted by atomic mass is 15.3. The second-order valence-corrected chi connectivity index (χ2v) is 3.36. The molecule has 0 aromatic carbocycles. The van der Waals surface area contributed by atoms with Crippen LogP contribution < -0.4 is 5.32 Å². The number of anilines is 1. The summed E-state index contributed by atoms with van der Waals surface area (Å²) >= 11 is 0. The molecule has 2 aromatic heterocycles. The van der Waals surface area contributed by atoms with Crippen molar-refractivity contribution in [2.24, 2.45) is 0 Å². The van der Waals surface area contributed by atoms with E-state index in [2.05, 4.69) is 34.2 Å². The molecule has 2 aromatic rings.